The molecule has 2 aromatic rings. The van der Waals surface area contributed by atoms with Gasteiger partial charge in [0.05, 0.1) is 10.6 Å². The summed E-state index contributed by atoms with van der Waals surface area (Å²) < 4.78 is 13.9. The number of para-hydroxylation sites is 1. The Morgan fingerprint density at radius 3 is 2.40 bits per heavy atom. The average Bonchev–Trinajstić information content (AvgIpc) is 2.61. The number of hydrogen-bond acceptors (Lipinski definition) is 4. The number of anilines is 1. The molecule has 1 saturated heterocycles. The Morgan fingerprint density at radius 2 is 1.80 bits per heavy atom. The van der Waals surface area contributed by atoms with Gasteiger partial charge < -0.3 is 9.80 Å². The number of aryl methyl sites for hydroxylation is 1. The summed E-state index contributed by atoms with van der Waals surface area (Å²) in [6.07, 6.45) is 0. The Morgan fingerprint density at radius 1 is 1.12 bits per heavy atom. The third-order valence-electron chi connectivity index (χ3n) is 4.40. The van der Waals surface area contributed by atoms with Crippen LogP contribution in [0.15, 0.2) is 42.5 Å². The van der Waals surface area contributed by atoms with Crippen molar-refractivity contribution in [3.8, 4) is 0 Å². The summed E-state index contributed by atoms with van der Waals surface area (Å²) in [6, 6.07) is 11.0. The fourth-order valence-corrected chi connectivity index (χ4v) is 3.03. The maximum atomic E-state index is 13.9. The zero-order valence-corrected chi connectivity index (χ0v) is 13.8. The Kier molecular flexibility index (Phi) is 4.65. The van der Waals surface area contributed by atoms with E-state index in [0.717, 1.165) is 0 Å². The summed E-state index contributed by atoms with van der Waals surface area (Å²) in [7, 11) is 0. The molecule has 1 amide bonds. The highest BCUT2D eigenvalue weighted by molar-refractivity contribution is 5.95. The second-order valence-electron chi connectivity index (χ2n) is 5.99. The lowest BCUT2D eigenvalue weighted by Gasteiger charge is -2.36. The van der Waals surface area contributed by atoms with Crippen molar-refractivity contribution in [3.63, 3.8) is 0 Å². The molecule has 130 valence electrons. The highest BCUT2D eigenvalue weighted by atomic mass is 19.1. The molecule has 0 radical (unpaired) electrons. The number of halogens is 1. The topological polar surface area (TPSA) is 66.7 Å². The minimum Gasteiger partial charge on any atom is -0.366 e. The third-order valence-corrected chi connectivity index (χ3v) is 4.40. The fraction of sp³-hybridized carbons (Fsp3) is 0.278. The van der Waals surface area contributed by atoms with E-state index in [1.807, 2.05) is 4.90 Å². The largest absolute Gasteiger partial charge is 0.366 e. The molecule has 1 fully saturated rings. The number of nitro benzene ring substituents is 1. The number of piperazine rings is 1. The molecule has 1 aliphatic rings. The SMILES string of the molecule is Cc1cc(C(=O)N2CCN(c3ccccc3F)CC2)ccc1[N+](=O)[O-]. The molecular formula is C18H18FN3O3. The molecule has 6 nitrogen and oxygen atoms in total. The lowest BCUT2D eigenvalue weighted by Crippen LogP contribution is -2.49. The molecule has 0 aromatic heterocycles. The lowest BCUT2D eigenvalue weighted by atomic mass is 10.1. The van der Waals surface area contributed by atoms with Gasteiger partial charge in [-0.15, -0.1) is 0 Å². The van der Waals surface area contributed by atoms with Gasteiger partial charge in [0, 0.05) is 43.4 Å². The first-order valence-corrected chi connectivity index (χ1v) is 8.01. The van der Waals surface area contributed by atoms with Crippen molar-refractivity contribution in [1.82, 2.24) is 4.90 Å². The molecule has 0 saturated carbocycles. The zero-order valence-electron chi connectivity index (χ0n) is 13.8. The van der Waals surface area contributed by atoms with Crippen molar-refractivity contribution in [2.75, 3.05) is 31.1 Å². The molecule has 0 N–H and O–H groups in total. The second kappa shape index (κ2) is 6.88. The molecule has 7 heteroatoms. The van der Waals surface area contributed by atoms with Gasteiger partial charge in [0.2, 0.25) is 0 Å². The van der Waals surface area contributed by atoms with E-state index in [4.69, 9.17) is 0 Å². The van der Waals surface area contributed by atoms with E-state index in [9.17, 15) is 19.3 Å². The van der Waals surface area contributed by atoms with Gasteiger partial charge in [-0.05, 0) is 31.2 Å². The van der Waals surface area contributed by atoms with Crippen LogP contribution in [-0.2, 0) is 0 Å². The van der Waals surface area contributed by atoms with Crippen LogP contribution in [0.4, 0.5) is 15.8 Å². The Balaban J connectivity index is 1.69. The van der Waals surface area contributed by atoms with Gasteiger partial charge in [0.1, 0.15) is 5.82 Å². The van der Waals surface area contributed by atoms with E-state index in [1.165, 1.54) is 18.2 Å². The van der Waals surface area contributed by atoms with Gasteiger partial charge in [0.15, 0.2) is 0 Å². The molecule has 1 heterocycles. The summed E-state index contributed by atoms with van der Waals surface area (Å²) in [6.45, 7) is 3.65. The predicted octanol–water partition coefficient (Wildman–Crippen LogP) is 3.00. The number of nitro groups is 1. The molecule has 2 aromatic carbocycles. The first-order valence-electron chi connectivity index (χ1n) is 8.01. The van der Waals surface area contributed by atoms with E-state index < -0.39 is 4.92 Å². The van der Waals surface area contributed by atoms with Gasteiger partial charge in [-0.25, -0.2) is 4.39 Å². The summed E-state index contributed by atoms with van der Waals surface area (Å²) in [4.78, 5) is 26.6. The molecule has 0 aliphatic carbocycles. The third kappa shape index (κ3) is 3.45. The Hall–Kier alpha value is -2.96. The van der Waals surface area contributed by atoms with Crippen LogP contribution in [0.5, 0.6) is 0 Å². The molecule has 0 unspecified atom stereocenters. The molecule has 1 aliphatic heterocycles. The van der Waals surface area contributed by atoms with Gasteiger partial charge in [-0.1, -0.05) is 12.1 Å². The zero-order chi connectivity index (χ0) is 18.0. The van der Waals surface area contributed by atoms with Gasteiger partial charge in [0.25, 0.3) is 11.6 Å². The summed E-state index contributed by atoms with van der Waals surface area (Å²) >= 11 is 0. The minimum absolute atomic E-state index is 0.000854. The Bertz CT molecular complexity index is 817. The summed E-state index contributed by atoms with van der Waals surface area (Å²) in [5, 5.41) is 10.9. The number of rotatable bonds is 3. The molecule has 25 heavy (non-hydrogen) atoms. The minimum atomic E-state index is -0.462. The maximum Gasteiger partial charge on any atom is 0.272 e. The molecule has 0 bridgehead atoms. The first kappa shape index (κ1) is 16.9. The first-order chi connectivity index (χ1) is 12.0. The van der Waals surface area contributed by atoms with E-state index in [1.54, 1.807) is 36.1 Å². The highest BCUT2D eigenvalue weighted by Gasteiger charge is 2.24. The van der Waals surface area contributed by atoms with E-state index in [2.05, 4.69) is 0 Å². The lowest BCUT2D eigenvalue weighted by molar-refractivity contribution is -0.385. The van der Waals surface area contributed by atoms with E-state index >= 15 is 0 Å². The van der Waals surface area contributed by atoms with Crippen molar-refractivity contribution in [1.29, 1.82) is 0 Å². The second-order valence-corrected chi connectivity index (χ2v) is 5.99. The predicted molar refractivity (Wildman–Crippen MR) is 92.3 cm³/mol. The van der Waals surface area contributed by atoms with Gasteiger partial charge in [-0.2, -0.15) is 0 Å². The normalized spacial score (nSPS) is 14.5. The van der Waals surface area contributed by atoms with Crippen molar-refractivity contribution in [2.45, 2.75) is 6.92 Å². The van der Waals surface area contributed by atoms with Crippen LogP contribution < -0.4 is 4.90 Å². The van der Waals surface area contributed by atoms with Crippen LogP contribution in [0.2, 0.25) is 0 Å². The van der Waals surface area contributed by atoms with E-state index in [-0.39, 0.29) is 17.4 Å². The average molecular weight is 343 g/mol. The van der Waals surface area contributed by atoms with Crippen LogP contribution in [0, 0.1) is 22.9 Å². The van der Waals surface area contributed by atoms with Crippen LogP contribution >= 0.6 is 0 Å². The standard InChI is InChI=1S/C18H18FN3O3/c1-13-12-14(6-7-16(13)22(24)25)18(23)21-10-8-20(9-11-21)17-5-3-2-4-15(17)19/h2-7,12H,8-11H2,1H3. The maximum absolute atomic E-state index is 13.9. The summed E-state index contributed by atoms with van der Waals surface area (Å²) in [5.41, 5.74) is 1.44. The molecule has 3 rings (SSSR count). The number of amides is 1. The summed E-state index contributed by atoms with van der Waals surface area (Å²) in [5.74, 6) is -0.431. The van der Waals surface area contributed by atoms with E-state index in [0.29, 0.717) is 43.0 Å². The Labute approximate surface area is 144 Å². The van der Waals surface area contributed by atoms with Crippen LogP contribution in [-0.4, -0.2) is 41.9 Å². The van der Waals surface area contributed by atoms with Crippen molar-refractivity contribution < 1.29 is 14.1 Å². The van der Waals surface area contributed by atoms with Crippen LogP contribution in [0.1, 0.15) is 15.9 Å². The number of carbonyl (C=O) groups excluding carboxylic acids is 1. The van der Waals surface area contributed by atoms with Crippen molar-refractivity contribution in [3.05, 3.63) is 69.5 Å². The molecule has 0 atom stereocenters. The molecular weight excluding hydrogens is 325 g/mol. The van der Waals surface area contributed by atoms with Crippen LogP contribution in [0.25, 0.3) is 0 Å². The number of carbonyl (C=O) groups is 1. The van der Waals surface area contributed by atoms with Crippen molar-refractivity contribution in [2.24, 2.45) is 0 Å². The number of hydrogen-bond donors (Lipinski definition) is 0. The van der Waals surface area contributed by atoms with Crippen LogP contribution in [0.3, 0.4) is 0 Å². The molecule has 0 spiro atoms. The highest BCUT2D eigenvalue weighted by Crippen LogP contribution is 2.22. The fourth-order valence-electron chi connectivity index (χ4n) is 3.03. The van der Waals surface area contributed by atoms with Gasteiger partial charge >= 0.3 is 0 Å². The number of benzene rings is 2. The monoisotopic (exact) mass is 343 g/mol. The number of nitrogens with zero attached hydrogens (tertiary/aromatic N) is 3. The quantitative estimate of drug-likeness (QED) is 0.635. The van der Waals surface area contributed by atoms with Crippen molar-refractivity contribution >= 4 is 17.3 Å². The smallest absolute Gasteiger partial charge is 0.272 e. The van der Waals surface area contributed by atoms with Gasteiger partial charge in [-0.3, -0.25) is 14.9 Å².